The highest BCUT2D eigenvalue weighted by Crippen LogP contribution is 2.32. The minimum Gasteiger partial charge on any atom is -0.493 e. The molecule has 0 bridgehead atoms. The summed E-state index contributed by atoms with van der Waals surface area (Å²) in [6, 6.07) is 13.2. The molecule has 0 radical (unpaired) electrons. The molecule has 6 nitrogen and oxygen atoms in total. The Bertz CT molecular complexity index is 812. The van der Waals surface area contributed by atoms with Crippen LogP contribution in [0, 0.1) is 0 Å². The molecule has 1 aliphatic rings. The molecule has 0 saturated heterocycles. The number of para-hydroxylation sites is 1. The summed E-state index contributed by atoms with van der Waals surface area (Å²) in [7, 11) is 0. The fourth-order valence-corrected chi connectivity index (χ4v) is 3.37. The molecule has 1 heterocycles. The molecular formula is C19H20ClN3O3. The van der Waals surface area contributed by atoms with Gasteiger partial charge in [-0.3, -0.25) is 4.79 Å². The van der Waals surface area contributed by atoms with Crippen molar-refractivity contribution in [2.45, 2.75) is 24.9 Å². The predicted molar refractivity (Wildman–Crippen MR) is 99.0 cm³/mol. The molecule has 7 heteroatoms. The van der Waals surface area contributed by atoms with Gasteiger partial charge in [0.15, 0.2) is 0 Å². The van der Waals surface area contributed by atoms with Crippen LogP contribution in [0.15, 0.2) is 48.5 Å². The Morgan fingerprint density at radius 1 is 1.19 bits per heavy atom. The minimum absolute atomic E-state index is 0.0339. The molecule has 3 rings (SSSR count). The van der Waals surface area contributed by atoms with E-state index in [9.17, 15) is 9.59 Å². The largest absolute Gasteiger partial charge is 0.493 e. The number of hydrogen-bond donors (Lipinski definition) is 3. The zero-order valence-corrected chi connectivity index (χ0v) is 14.8. The van der Waals surface area contributed by atoms with Crippen LogP contribution in [-0.4, -0.2) is 18.5 Å². The molecule has 1 aliphatic heterocycles. The first-order chi connectivity index (χ1) is 12.5. The number of urea groups is 1. The second-order valence-electron chi connectivity index (χ2n) is 6.08. The van der Waals surface area contributed by atoms with Crippen molar-refractivity contribution < 1.29 is 14.3 Å². The van der Waals surface area contributed by atoms with E-state index in [1.807, 2.05) is 24.3 Å². The quantitative estimate of drug-likeness (QED) is 0.751. The number of benzene rings is 2. The van der Waals surface area contributed by atoms with Crippen LogP contribution in [0.4, 0.5) is 4.79 Å². The summed E-state index contributed by atoms with van der Waals surface area (Å²) in [6.45, 7) is 0.537. The van der Waals surface area contributed by atoms with Gasteiger partial charge in [0, 0.05) is 17.0 Å². The monoisotopic (exact) mass is 373 g/mol. The van der Waals surface area contributed by atoms with E-state index in [1.54, 1.807) is 24.3 Å². The summed E-state index contributed by atoms with van der Waals surface area (Å²) in [5.74, 6) is 0.576. The highest BCUT2D eigenvalue weighted by molar-refractivity contribution is 6.31. The molecule has 2 atom stereocenters. The third-order valence-electron chi connectivity index (χ3n) is 4.28. The van der Waals surface area contributed by atoms with E-state index >= 15 is 0 Å². The maximum absolute atomic E-state index is 12.6. The summed E-state index contributed by atoms with van der Waals surface area (Å²) in [5, 5.41) is 6.08. The molecule has 0 unspecified atom stereocenters. The summed E-state index contributed by atoms with van der Waals surface area (Å²) in [6.07, 6.45) is 0.717. The third kappa shape index (κ3) is 4.26. The second kappa shape index (κ2) is 8.10. The maximum atomic E-state index is 12.6. The Labute approximate surface area is 156 Å². The minimum atomic E-state index is -0.709. The number of carbonyl (C=O) groups is 2. The molecule has 0 fully saturated rings. The summed E-state index contributed by atoms with van der Waals surface area (Å²) in [5.41, 5.74) is 6.86. The highest BCUT2D eigenvalue weighted by Gasteiger charge is 2.25. The van der Waals surface area contributed by atoms with Crippen molar-refractivity contribution in [1.82, 2.24) is 10.6 Å². The smallest absolute Gasteiger partial charge is 0.312 e. The van der Waals surface area contributed by atoms with Gasteiger partial charge in [0.1, 0.15) is 5.75 Å². The number of amides is 3. The lowest BCUT2D eigenvalue weighted by Crippen LogP contribution is -2.38. The van der Waals surface area contributed by atoms with Crippen LogP contribution in [0.1, 0.15) is 36.1 Å². The summed E-state index contributed by atoms with van der Waals surface area (Å²) in [4.78, 5) is 24.0. The van der Waals surface area contributed by atoms with Crippen LogP contribution in [0.5, 0.6) is 5.75 Å². The Kier molecular flexibility index (Phi) is 5.63. The first-order valence-electron chi connectivity index (χ1n) is 8.36. The number of fused-ring (bicyclic) bond motifs is 1. The van der Waals surface area contributed by atoms with Crippen molar-refractivity contribution in [3.8, 4) is 5.75 Å². The molecule has 3 amide bonds. The Hall–Kier alpha value is -2.73. The van der Waals surface area contributed by atoms with Gasteiger partial charge in [-0.15, -0.1) is 0 Å². The lowest BCUT2D eigenvalue weighted by molar-refractivity contribution is -0.122. The van der Waals surface area contributed by atoms with Crippen LogP contribution in [0.25, 0.3) is 0 Å². The van der Waals surface area contributed by atoms with Crippen LogP contribution < -0.4 is 21.1 Å². The van der Waals surface area contributed by atoms with Crippen molar-refractivity contribution in [2.75, 3.05) is 6.61 Å². The molecule has 0 aliphatic carbocycles. The molecule has 2 aromatic rings. The zero-order valence-electron chi connectivity index (χ0n) is 14.1. The molecule has 0 spiro atoms. The third-order valence-corrected chi connectivity index (χ3v) is 4.62. The molecular weight excluding hydrogens is 354 g/mol. The lowest BCUT2D eigenvalue weighted by Gasteiger charge is -2.27. The van der Waals surface area contributed by atoms with E-state index in [4.69, 9.17) is 22.1 Å². The molecule has 0 aromatic heterocycles. The van der Waals surface area contributed by atoms with E-state index in [0.717, 1.165) is 11.3 Å². The fourth-order valence-electron chi connectivity index (χ4n) is 3.10. The normalized spacial score (nSPS) is 16.7. The topological polar surface area (TPSA) is 93.5 Å². The zero-order chi connectivity index (χ0) is 18.5. The van der Waals surface area contributed by atoms with Gasteiger partial charge in [0.2, 0.25) is 5.91 Å². The Morgan fingerprint density at radius 3 is 2.69 bits per heavy atom. The highest BCUT2D eigenvalue weighted by atomic mass is 35.5. The number of primary amides is 1. The molecule has 26 heavy (non-hydrogen) atoms. The van der Waals surface area contributed by atoms with Gasteiger partial charge in [-0.05, 0) is 17.7 Å². The number of ether oxygens (including phenoxy) is 1. The van der Waals surface area contributed by atoms with Crippen molar-refractivity contribution in [2.24, 2.45) is 5.73 Å². The van der Waals surface area contributed by atoms with Crippen LogP contribution in [0.2, 0.25) is 5.02 Å². The first kappa shape index (κ1) is 18.1. The van der Waals surface area contributed by atoms with Gasteiger partial charge in [-0.1, -0.05) is 48.0 Å². The van der Waals surface area contributed by atoms with Crippen molar-refractivity contribution >= 4 is 23.5 Å². The van der Waals surface area contributed by atoms with E-state index < -0.39 is 12.1 Å². The number of rotatable bonds is 5. The van der Waals surface area contributed by atoms with E-state index in [0.29, 0.717) is 23.6 Å². The van der Waals surface area contributed by atoms with Crippen molar-refractivity contribution in [1.29, 1.82) is 0 Å². The molecule has 136 valence electrons. The SMILES string of the molecule is NC(=O)N[C@H](CC(=O)N[C@H]1CCOc2ccccc21)c1ccccc1Cl. The molecule has 0 saturated carbocycles. The van der Waals surface area contributed by atoms with Crippen molar-refractivity contribution in [3.05, 3.63) is 64.7 Å². The molecule has 4 N–H and O–H groups in total. The summed E-state index contributed by atoms with van der Waals surface area (Å²) >= 11 is 6.20. The standard InChI is InChI=1S/C19H20ClN3O3/c20-14-7-3-1-5-12(14)16(23-19(21)25)11-18(24)22-15-9-10-26-17-8-4-2-6-13(15)17/h1-8,15-16H,9-11H2,(H,22,24)(H3,21,23,25)/t15-,16+/m0/s1. The predicted octanol–water partition coefficient (Wildman–Crippen LogP) is 3.08. The Morgan fingerprint density at radius 2 is 1.92 bits per heavy atom. The van der Waals surface area contributed by atoms with Crippen LogP contribution in [0.3, 0.4) is 0 Å². The average molecular weight is 374 g/mol. The maximum Gasteiger partial charge on any atom is 0.312 e. The Balaban J connectivity index is 1.73. The number of nitrogens with one attached hydrogen (secondary N) is 2. The van der Waals surface area contributed by atoms with Gasteiger partial charge in [-0.2, -0.15) is 0 Å². The first-order valence-corrected chi connectivity index (χ1v) is 8.74. The number of halogens is 1. The van der Waals surface area contributed by atoms with Crippen LogP contribution in [-0.2, 0) is 4.79 Å². The average Bonchev–Trinajstić information content (AvgIpc) is 2.61. The summed E-state index contributed by atoms with van der Waals surface area (Å²) < 4.78 is 5.61. The van der Waals surface area contributed by atoms with Gasteiger partial charge >= 0.3 is 6.03 Å². The van der Waals surface area contributed by atoms with E-state index in [1.165, 1.54) is 0 Å². The molecule has 2 aromatic carbocycles. The van der Waals surface area contributed by atoms with Gasteiger partial charge in [-0.25, -0.2) is 4.79 Å². The fraction of sp³-hybridized carbons (Fsp3) is 0.263. The second-order valence-corrected chi connectivity index (χ2v) is 6.49. The van der Waals surface area contributed by atoms with Gasteiger partial charge in [0.25, 0.3) is 0 Å². The van der Waals surface area contributed by atoms with Crippen LogP contribution >= 0.6 is 11.6 Å². The lowest BCUT2D eigenvalue weighted by atomic mass is 9.99. The number of hydrogen-bond acceptors (Lipinski definition) is 3. The number of nitrogens with two attached hydrogens (primary N) is 1. The van der Waals surface area contributed by atoms with E-state index in [-0.39, 0.29) is 18.4 Å². The van der Waals surface area contributed by atoms with Gasteiger partial charge < -0.3 is 21.1 Å². The van der Waals surface area contributed by atoms with Crippen molar-refractivity contribution in [3.63, 3.8) is 0 Å². The number of carbonyl (C=O) groups excluding carboxylic acids is 2. The van der Waals surface area contributed by atoms with Gasteiger partial charge in [0.05, 0.1) is 25.1 Å². The van der Waals surface area contributed by atoms with E-state index in [2.05, 4.69) is 10.6 Å².